The van der Waals surface area contributed by atoms with Crippen LogP contribution in [0.3, 0.4) is 0 Å². The van der Waals surface area contributed by atoms with Crippen LogP contribution in [0.4, 0.5) is 0 Å². The number of hydrogen-bond donors (Lipinski definition) is 1. The van der Waals surface area contributed by atoms with Crippen molar-refractivity contribution < 1.29 is 14.3 Å². The molecule has 0 aliphatic carbocycles. The lowest BCUT2D eigenvalue weighted by Crippen LogP contribution is -2.24. The van der Waals surface area contributed by atoms with Crippen LogP contribution in [0, 0.1) is 6.92 Å². The van der Waals surface area contributed by atoms with E-state index in [0.29, 0.717) is 23.0 Å². The lowest BCUT2D eigenvalue weighted by molar-refractivity contribution is -0.115. The summed E-state index contributed by atoms with van der Waals surface area (Å²) in [5.41, 5.74) is 3.05. The van der Waals surface area contributed by atoms with Crippen molar-refractivity contribution in [2.24, 2.45) is 4.99 Å². The van der Waals surface area contributed by atoms with Crippen molar-refractivity contribution in [3.8, 4) is 11.5 Å². The van der Waals surface area contributed by atoms with Crippen LogP contribution >= 0.6 is 0 Å². The maximum atomic E-state index is 12.2. The minimum Gasteiger partial charge on any atom is -0.497 e. The van der Waals surface area contributed by atoms with Gasteiger partial charge in [-0.3, -0.25) is 4.79 Å². The second-order valence-corrected chi connectivity index (χ2v) is 5.42. The molecule has 0 atom stereocenters. The Hall–Kier alpha value is -3.08. The van der Waals surface area contributed by atoms with Gasteiger partial charge in [-0.1, -0.05) is 23.8 Å². The van der Waals surface area contributed by atoms with Gasteiger partial charge >= 0.3 is 0 Å². The number of aryl methyl sites for hydroxylation is 1. The number of amidine groups is 1. The number of hydrogen-bond acceptors (Lipinski definition) is 4. The molecule has 0 aromatic heterocycles. The molecule has 1 aliphatic rings. The van der Waals surface area contributed by atoms with Gasteiger partial charge in [-0.05, 0) is 37.3 Å². The molecule has 5 nitrogen and oxygen atoms in total. The first-order valence-corrected chi connectivity index (χ1v) is 7.51. The van der Waals surface area contributed by atoms with Crippen LogP contribution in [-0.2, 0) is 4.79 Å². The summed E-state index contributed by atoms with van der Waals surface area (Å²) in [5, 5.41) is 2.80. The van der Waals surface area contributed by atoms with Gasteiger partial charge < -0.3 is 14.8 Å². The molecule has 5 heteroatoms. The number of ether oxygens (including phenoxy) is 2. The van der Waals surface area contributed by atoms with Crippen LogP contribution in [0.15, 0.2) is 53.2 Å². The van der Waals surface area contributed by atoms with E-state index in [9.17, 15) is 4.79 Å². The molecule has 0 unspecified atom stereocenters. The highest BCUT2D eigenvalue weighted by Gasteiger charge is 2.21. The maximum Gasteiger partial charge on any atom is 0.275 e. The number of carbonyl (C=O) groups is 1. The van der Waals surface area contributed by atoms with Crippen molar-refractivity contribution in [2.45, 2.75) is 6.92 Å². The van der Waals surface area contributed by atoms with E-state index in [1.165, 1.54) is 0 Å². The van der Waals surface area contributed by atoms with Gasteiger partial charge in [0.25, 0.3) is 5.91 Å². The number of nitrogens with zero attached hydrogens (tertiary/aromatic N) is 1. The summed E-state index contributed by atoms with van der Waals surface area (Å²) in [6.45, 7) is 2.00. The smallest absolute Gasteiger partial charge is 0.275 e. The second kappa shape index (κ2) is 6.58. The quantitative estimate of drug-likeness (QED) is 0.881. The standard InChI is InChI=1S/C19H18N2O3/c1-12-5-4-6-13(9-12)18-20-16(19(22)21-18)11-14-10-15(23-2)7-8-17(14)24-3/h4-11H,1-3H3,(H,20,21,22)/b16-11-. The molecule has 122 valence electrons. The van der Waals surface area contributed by atoms with E-state index in [2.05, 4.69) is 10.3 Å². The number of amides is 1. The summed E-state index contributed by atoms with van der Waals surface area (Å²) < 4.78 is 10.6. The fraction of sp³-hybridized carbons (Fsp3) is 0.158. The Morgan fingerprint density at radius 2 is 1.92 bits per heavy atom. The molecule has 0 fully saturated rings. The zero-order valence-corrected chi connectivity index (χ0v) is 13.8. The monoisotopic (exact) mass is 322 g/mol. The lowest BCUT2D eigenvalue weighted by Gasteiger charge is -2.07. The summed E-state index contributed by atoms with van der Waals surface area (Å²) >= 11 is 0. The van der Waals surface area contributed by atoms with E-state index in [1.807, 2.05) is 31.2 Å². The SMILES string of the molecule is COc1ccc(OC)c(/C=C2\N=C(c3cccc(C)c3)NC2=O)c1. The van der Waals surface area contributed by atoms with E-state index < -0.39 is 0 Å². The summed E-state index contributed by atoms with van der Waals surface area (Å²) in [6.07, 6.45) is 1.69. The Balaban J connectivity index is 2.00. The van der Waals surface area contributed by atoms with Gasteiger partial charge in [0.1, 0.15) is 23.0 Å². The van der Waals surface area contributed by atoms with Crippen LogP contribution < -0.4 is 14.8 Å². The van der Waals surface area contributed by atoms with E-state index in [1.54, 1.807) is 38.5 Å². The van der Waals surface area contributed by atoms with E-state index in [0.717, 1.165) is 16.7 Å². The molecular formula is C19H18N2O3. The van der Waals surface area contributed by atoms with Gasteiger partial charge in [0.15, 0.2) is 0 Å². The largest absolute Gasteiger partial charge is 0.497 e. The van der Waals surface area contributed by atoms with Crippen molar-refractivity contribution >= 4 is 17.8 Å². The Morgan fingerprint density at radius 3 is 2.62 bits per heavy atom. The minimum absolute atomic E-state index is 0.239. The molecule has 1 aliphatic heterocycles. The van der Waals surface area contributed by atoms with Gasteiger partial charge in [-0.15, -0.1) is 0 Å². The number of nitrogens with one attached hydrogen (secondary N) is 1. The number of rotatable bonds is 4. The first-order valence-electron chi connectivity index (χ1n) is 7.51. The van der Waals surface area contributed by atoms with E-state index in [4.69, 9.17) is 9.47 Å². The van der Waals surface area contributed by atoms with Crippen LogP contribution in [-0.4, -0.2) is 26.0 Å². The van der Waals surface area contributed by atoms with Crippen molar-refractivity contribution in [1.29, 1.82) is 0 Å². The third-order valence-corrected chi connectivity index (χ3v) is 3.72. The number of methoxy groups -OCH3 is 2. The van der Waals surface area contributed by atoms with Crippen LogP contribution in [0.25, 0.3) is 6.08 Å². The summed E-state index contributed by atoms with van der Waals surface area (Å²) in [7, 11) is 3.18. The fourth-order valence-corrected chi connectivity index (χ4v) is 2.50. The van der Waals surface area contributed by atoms with E-state index in [-0.39, 0.29) is 5.91 Å². The zero-order chi connectivity index (χ0) is 17.1. The molecule has 0 saturated heterocycles. The predicted octanol–water partition coefficient (Wildman–Crippen LogP) is 2.93. The Morgan fingerprint density at radius 1 is 1.08 bits per heavy atom. The van der Waals surface area contributed by atoms with Gasteiger partial charge in [0, 0.05) is 11.1 Å². The first-order chi connectivity index (χ1) is 11.6. The number of benzene rings is 2. The lowest BCUT2D eigenvalue weighted by atomic mass is 10.1. The molecule has 0 bridgehead atoms. The third-order valence-electron chi connectivity index (χ3n) is 3.72. The highest BCUT2D eigenvalue weighted by Crippen LogP contribution is 2.27. The average Bonchev–Trinajstić information content (AvgIpc) is 2.95. The number of carbonyl (C=O) groups excluding carboxylic acids is 1. The van der Waals surface area contributed by atoms with Crippen LogP contribution in [0.5, 0.6) is 11.5 Å². The highest BCUT2D eigenvalue weighted by atomic mass is 16.5. The molecule has 1 heterocycles. The van der Waals surface area contributed by atoms with Crippen LogP contribution in [0.1, 0.15) is 16.7 Å². The van der Waals surface area contributed by atoms with Crippen molar-refractivity contribution in [3.63, 3.8) is 0 Å². The normalized spacial score (nSPS) is 15.2. The number of aliphatic imine (C=N–C) groups is 1. The first kappa shape index (κ1) is 15.8. The fourth-order valence-electron chi connectivity index (χ4n) is 2.50. The predicted molar refractivity (Wildman–Crippen MR) is 93.4 cm³/mol. The summed E-state index contributed by atoms with van der Waals surface area (Å²) in [4.78, 5) is 16.7. The molecule has 1 amide bonds. The van der Waals surface area contributed by atoms with Gasteiger partial charge in [0.05, 0.1) is 14.2 Å². The van der Waals surface area contributed by atoms with E-state index >= 15 is 0 Å². The molecule has 0 radical (unpaired) electrons. The van der Waals surface area contributed by atoms with Gasteiger partial charge in [0.2, 0.25) is 0 Å². The second-order valence-electron chi connectivity index (χ2n) is 5.42. The Bertz CT molecular complexity index is 853. The topological polar surface area (TPSA) is 59.9 Å². The maximum absolute atomic E-state index is 12.2. The molecule has 2 aromatic carbocycles. The van der Waals surface area contributed by atoms with Crippen LogP contribution in [0.2, 0.25) is 0 Å². The molecule has 3 rings (SSSR count). The summed E-state index contributed by atoms with van der Waals surface area (Å²) in [5.74, 6) is 1.65. The minimum atomic E-state index is -0.239. The average molecular weight is 322 g/mol. The van der Waals surface area contributed by atoms with Crippen molar-refractivity contribution in [3.05, 3.63) is 64.9 Å². The van der Waals surface area contributed by atoms with Crippen molar-refractivity contribution in [2.75, 3.05) is 14.2 Å². The summed E-state index contributed by atoms with van der Waals surface area (Å²) in [6, 6.07) is 13.2. The Labute approximate surface area is 140 Å². The zero-order valence-electron chi connectivity index (χ0n) is 13.8. The molecule has 2 aromatic rings. The molecule has 24 heavy (non-hydrogen) atoms. The molecule has 0 spiro atoms. The Kier molecular flexibility index (Phi) is 4.33. The van der Waals surface area contributed by atoms with Crippen molar-refractivity contribution in [1.82, 2.24) is 5.32 Å². The van der Waals surface area contributed by atoms with Gasteiger partial charge in [-0.2, -0.15) is 0 Å². The molecule has 1 N–H and O–H groups in total. The highest BCUT2D eigenvalue weighted by molar-refractivity contribution is 6.19. The molecule has 0 saturated carbocycles. The van der Waals surface area contributed by atoms with Gasteiger partial charge in [-0.25, -0.2) is 4.99 Å². The molecular weight excluding hydrogens is 304 g/mol. The third kappa shape index (κ3) is 3.15.